The Balaban J connectivity index is 3.12. The van der Waals surface area contributed by atoms with Gasteiger partial charge in [0.2, 0.25) is 0 Å². The lowest BCUT2D eigenvalue weighted by Gasteiger charge is -2.09. The van der Waals surface area contributed by atoms with Gasteiger partial charge < -0.3 is 4.74 Å². The molecule has 1 aromatic heterocycles. The van der Waals surface area contributed by atoms with Gasteiger partial charge in [-0.25, -0.2) is 9.97 Å². The summed E-state index contributed by atoms with van der Waals surface area (Å²) in [6.45, 7) is 6.06. The van der Waals surface area contributed by atoms with E-state index in [0.29, 0.717) is 5.92 Å². The van der Waals surface area contributed by atoms with E-state index in [1.165, 1.54) is 0 Å². The molecule has 0 amide bonds. The molecule has 0 radical (unpaired) electrons. The molecule has 0 spiro atoms. The highest BCUT2D eigenvalue weighted by Gasteiger charge is 2.08. The standard InChI is InChI=1S/C9H14N2O/c1-6(2)9-8(12-4)5-10-7(3)11-9/h5-6H,1-4H3. The van der Waals surface area contributed by atoms with Crippen LogP contribution in [-0.4, -0.2) is 17.1 Å². The Morgan fingerprint density at radius 2 is 2.08 bits per heavy atom. The van der Waals surface area contributed by atoms with Gasteiger partial charge in [-0.15, -0.1) is 0 Å². The fourth-order valence-corrected chi connectivity index (χ4v) is 1.05. The molecular weight excluding hydrogens is 152 g/mol. The van der Waals surface area contributed by atoms with Crippen LogP contribution in [0.2, 0.25) is 0 Å². The third kappa shape index (κ3) is 1.72. The van der Waals surface area contributed by atoms with E-state index >= 15 is 0 Å². The van der Waals surface area contributed by atoms with Crippen molar-refractivity contribution in [1.82, 2.24) is 9.97 Å². The third-order valence-corrected chi connectivity index (χ3v) is 1.67. The van der Waals surface area contributed by atoms with Gasteiger partial charge in [0.25, 0.3) is 0 Å². The maximum Gasteiger partial charge on any atom is 0.158 e. The summed E-state index contributed by atoms with van der Waals surface area (Å²) in [5.41, 5.74) is 0.977. The van der Waals surface area contributed by atoms with E-state index in [4.69, 9.17) is 4.74 Å². The summed E-state index contributed by atoms with van der Waals surface area (Å²) in [7, 11) is 1.64. The summed E-state index contributed by atoms with van der Waals surface area (Å²) < 4.78 is 5.14. The number of methoxy groups -OCH3 is 1. The van der Waals surface area contributed by atoms with Gasteiger partial charge in [-0.2, -0.15) is 0 Å². The van der Waals surface area contributed by atoms with Crippen molar-refractivity contribution in [2.24, 2.45) is 0 Å². The molecule has 3 nitrogen and oxygen atoms in total. The second kappa shape index (κ2) is 3.52. The highest BCUT2D eigenvalue weighted by Crippen LogP contribution is 2.22. The van der Waals surface area contributed by atoms with Crippen molar-refractivity contribution in [3.63, 3.8) is 0 Å². The molecule has 0 fully saturated rings. The predicted molar refractivity (Wildman–Crippen MR) is 47.4 cm³/mol. The van der Waals surface area contributed by atoms with E-state index in [0.717, 1.165) is 17.3 Å². The fourth-order valence-electron chi connectivity index (χ4n) is 1.05. The fraction of sp³-hybridized carbons (Fsp3) is 0.556. The van der Waals surface area contributed by atoms with E-state index in [2.05, 4.69) is 23.8 Å². The molecule has 1 aromatic rings. The van der Waals surface area contributed by atoms with E-state index in [-0.39, 0.29) is 0 Å². The van der Waals surface area contributed by atoms with Gasteiger partial charge in [0, 0.05) is 0 Å². The molecule has 1 rings (SSSR count). The molecule has 0 aliphatic heterocycles. The molecular formula is C9H14N2O. The van der Waals surface area contributed by atoms with Gasteiger partial charge in [-0.1, -0.05) is 13.8 Å². The number of aromatic nitrogens is 2. The zero-order valence-corrected chi connectivity index (χ0v) is 7.96. The van der Waals surface area contributed by atoms with Gasteiger partial charge in [0.1, 0.15) is 5.82 Å². The van der Waals surface area contributed by atoms with Crippen LogP contribution in [0.4, 0.5) is 0 Å². The molecule has 1 heterocycles. The Kier molecular flexibility index (Phi) is 2.63. The van der Waals surface area contributed by atoms with Crippen LogP contribution in [0.15, 0.2) is 6.20 Å². The Labute approximate surface area is 72.8 Å². The lowest BCUT2D eigenvalue weighted by molar-refractivity contribution is 0.401. The van der Waals surface area contributed by atoms with Gasteiger partial charge in [-0.05, 0) is 12.8 Å². The molecule has 0 saturated carbocycles. The van der Waals surface area contributed by atoms with Crippen LogP contribution in [0.3, 0.4) is 0 Å². The van der Waals surface area contributed by atoms with Crippen LogP contribution in [0.1, 0.15) is 31.3 Å². The first kappa shape index (κ1) is 8.97. The zero-order chi connectivity index (χ0) is 9.14. The van der Waals surface area contributed by atoms with E-state index in [1.807, 2.05) is 6.92 Å². The third-order valence-electron chi connectivity index (χ3n) is 1.67. The van der Waals surface area contributed by atoms with Crippen LogP contribution in [-0.2, 0) is 0 Å². The molecule has 0 aromatic carbocycles. The van der Waals surface area contributed by atoms with Crippen molar-refractivity contribution in [3.8, 4) is 5.75 Å². The Bertz CT molecular complexity index is 271. The molecule has 0 atom stereocenters. The smallest absolute Gasteiger partial charge is 0.158 e. The quantitative estimate of drug-likeness (QED) is 0.673. The van der Waals surface area contributed by atoms with E-state index < -0.39 is 0 Å². The topological polar surface area (TPSA) is 35.0 Å². The highest BCUT2D eigenvalue weighted by atomic mass is 16.5. The van der Waals surface area contributed by atoms with Crippen LogP contribution in [0, 0.1) is 6.92 Å². The van der Waals surface area contributed by atoms with Crippen LogP contribution >= 0.6 is 0 Å². The van der Waals surface area contributed by atoms with Crippen LogP contribution in [0.5, 0.6) is 5.75 Å². The van der Waals surface area contributed by atoms with Gasteiger partial charge in [-0.3, -0.25) is 0 Å². The average Bonchev–Trinajstić information content (AvgIpc) is 2.04. The minimum atomic E-state index is 0.377. The minimum Gasteiger partial charge on any atom is -0.493 e. The zero-order valence-electron chi connectivity index (χ0n) is 7.96. The molecule has 3 heteroatoms. The summed E-state index contributed by atoms with van der Waals surface area (Å²) in [5.74, 6) is 1.94. The normalized spacial score (nSPS) is 10.4. The van der Waals surface area contributed by atoms with E-state index in [1.54, 1.807) is 13.3 Å². The first-order chi connectivity index (χ1) is 5.65. The molecule has 0 aliphatic carbocycles. The number of hydrogen-bond acceptors (Lipinski definition) is 3. The highest BCUT2D eigenvalue weighted by molar-refractivity contribution is 5.26. The molecule has 0 bridgehead atoms. The molecule has 12 heavy (non-hydrogen) atoms. The van der Waals surface area contributed by atoms with E-state index in [9.17, 15) is 0 Å². The van der Waals surface area contributed by atoms with Crippen molar-refractivity contribution >= 4 is 0 Å². The molecule has 0 unspecified atom stereocenters. The number of ether oxygens (including phenoxy) is 1. The number of nitrogens with zero attached hydrogens (tertiary/aromatic N) is 2. The monoisotopic (exact) mass is 166 g/mol. The Hall–Kier alpha value is -1.12. The lowest BCUT2D eigenvalue weighted by atomic mass is 10.1. The van der Waals surface area contributed by atoms with Crippen molar-refractivity contribution in [2.75, 3.05) is 7.11 Å². The Morgan fingerprint density at radius 3 is 2.58 bits per heavy atom. The molecule has 66 valence electrons. The molecule has 0 aliphatic rings. The first-order valence-electron chi connectivity index (χ1n) is 4.02. The molecule has 0 N–H and O–H groups in total. The number of hydrogen-bond donors (Lipinski definition) is 0. The minimum absolute atomic E-state index is 0.377. The first-order valence-corrected chi connectivity index (χ1v) is 4.02. The van der Waals surface area contributed by atoms with Gasteiger partial charge >= 0.3 is 0 Å². The predicted octanol–water partition coefficient (Wildman–Crippen LogP) is 1.92. The summed E-state index contributed by atoms with van der Waals surface area (Å²) >= 11 is 0. The number of aryl methyl sites for hydroxylation is 1. The van der Waals surface area contributed by atoms with Gasteiger partial charge in [0.15, 0.2) is 5.75 Å². The summed E-state index contributed by atoms with van der Waals surface area (Å²) in [6, 6.07) is 0. The van der Waals surface area contributed by atoms with Crippen LogP contribution in [0.25, 0.3) is 0 Å². The van der Waals surface area contributed by atoms with Crippen molar-refractivity contribution in [2.45, 2.75) is 26.7 Å². The SMILES string of the molecule is COc1cnc(C)nc1C(C)C. The maximum absolute atomic E-state index is 5.14. The van der Waals surface area contributed by atoms with Crippen molar-refractivity contribution in [1.29, 1.82) is 0 Å². The Morgan fingerprint density at radius 1 is 1.42 bits per heavy atom. The largest absolute Gasteiger partial charge is 0.493 e. The van der Waals surface area contributed by atoms with Crippen molar-refractivity contribution in [3.05, 3.63) is 17.7 Å². The second-order valence-electron chi connectivity index (χ2n) is 3.03. The maximum atomic E-state index is 5.14. The number of rotatable bonds is 2. The molecule has 0 saturated heterocycles. The summed E-state index contributed by atoms with van der Waals surface area (Å²) in [4.78, 5) is 8.36. The second-order valence-corrected chi connectivity index (χ2v) is 3.03. The van der Waals surface area contributed by atoms with Gasteiger partial charge in [0.05, 0.1) is 19.0 Å². The summed E-state index contributed by atoms with van der Waals surface area (Å²) in [6.07, 6.45) is 1.72. The van der Waals surface area contributed by atoms with Crippen LogP contribution < -0.4 is 4.74 Å². The lowest BCUT2D eigenvalue weighted by Crippen LogP contribution is -2.01. The summed E-state index contributed by atoms with van der Waals surface area (Å²) in [5, 5.41) is 0. The van der Waals surface area contributed by atoms with Crippen molar-refractivity contribution < 1.29 is 4.74 Å². The average molecular weight is 166 g/mol.